The van der Waals surface area contributed by atoms with Gasteiger partial charge in [-0.05, 0) is 50.2 Å². The van der Waals surface area contributed by atoms with Crippen LogP contribution in [0, 0.1) is 0 Å². The standard InChI is InChI=1S/C17H29N/c1-2-3-4-5-6-7-8-12-16-14-15-11-9-10-13-17(15)18-16/h14,18H,2-13H2,1H3. The van der Waals surface area contributed by atoms with Crippen molar-refractivity contribution in [1.82, 2.24) is 4.98 Å². The molecule has 102 valence electrons. The minimum absolute atomic E-state index is 1.26. The van der Waals surface area contributed by atoms with E-state index < -0.39 is 0 Å². The largest absolute Gasteiger partial charge is 0.362 e. The molecule has 1 aromatic rings. The van der Waals surface area contributed by atoms with Crippen molar-refractivity contribution in [1.29, 1.82) is 0 Å². The van der Waals surface area contributed by atoms with Gasteiger partial charge in [-0.3, -0.25) is 0 Å². The summed E-state index contributed by atoms with van der Waals surface area (Å²) in [5.74, 6) is 0. The Morgan fingerprint density at radius 1 is 0.944 bits per heavy atom. The number of hydrogen-bond acceptors (Lipinski definition) is 0. The van der Waals surface area contributed by atoms with Gasteiger partial charge in [-0.25, -0.2) is 0 Å². The van der Waals surface area contributed by atoms with Gasteiger partial charge in [0.05, 0.1) is 0 Å². The second-order valence-electron chi connectivity index (χ2n) is 5.88. The molecule has 0 bridgehead atoms. The first-order chi connectivity index (χ1) is 8.90. The Morgan fingerprint density at radius 2 is 1.67 bits per heavy atom. The lowest BCUT2D eigenvalue weighted by atomic mass is 9.98. The second kappa shape index (κ2) is 7.66. The summed E-state index contributed by atoms with van der Waals surface area (Å²) in [7, 11) is 0. The number of fused-ring (bicyclic) bond motifs is 1. The summed E-state index contributed by atoms with van der Waals surface area (Å²) in [6, 6.07) is 2.44. The lowest BCUT2D eigenvalue weighted by molar-refractivity contribution is 0.587. The number of rotatable bonds is 8. The van der Waals surface area contributed by atoms with E-state index in [4.69, 9.17) is 0 Å². The second-order valence-corrected chi connectivity index (χ2v) is 5.88. The monoisotopic (exact) mass is 247 g/mol. The average Bonchev–Trinajstić information content (AvgIpc) is 2.80. The molecule has 0 amide bonds. The zero-order valence-electron chi connectivity index (χ0n) is 12.1. The molecule has 18 heavy (non-hydrogen) atoms. The van der Waals surface area contributed by atoms with Gasteiger partial charge in [0, 0.05) is 11.4 Å². The number of hydrogen-bond donors (Lipinski definition) is 1. The van der Waals surface area contributed by atoms with Crippen molar-refractivity contribution < 1.29 is 0 Å². The molecular weight excluding hydrogens is 218 g/mol. The quantitative estimate of drug-likeness (QED) is 0.609. The molecule has 1 aliphatic carbocycles. The maximum Gasteiger partial charge on any atom is 0.0181 e. The van der Waals surface area contributed by atoms with Gasteiger partial charge in [0.1, 0.15) is 0 Å². The van der Waals surface area contributed by atoms with Gasteiger partial charge in [-0.15, -0.1) is 0 Å². The molecule has 0 atom stereocenters. The highest BCUT2D eigenvalue weighted by Crippen LogP contribution is 2.22. The van der Waals surface area contributed by atoms with Crippen molar-refractivity contribution in [2.75, 3.05) is 0 Å². The van der Waals surface area contributed by atoms with Crippen LogP contribution in [0.3, 0.4) is 0 Å². The zero-order chi connectivity index (χ0) is 12.6. The molecule has 1 nitrogen and oxygen atoms in total. The fourth-order valence-electron chi connectivity index (χ4n) is 3.08. The predicted molar refractivity (Wildman–Crippen MR) is 79.1 cm³/mol. The van der Waals surface area contributed by atoms with Crippen molar-refractivity contribution in [3.63, 3.8) is 0 Å². The van der Waals surface area contributed by atoms with E-state index >= 15 is 0 Å². The van der Waals surface area contributed by atoms with E-state index in [-0.39, 0.29) is 0 Å². The Morgan fingerprint density at radius 3 is 2.44 bits per heavy atom. The van der Waals surface area contributed by atoms with E-state index in [1.807, 2.05) is 0 Å². The van der Waals surface area contributed by atoms with Crippen LogP contribution in [0.15, 0.2) is 6.07 Å². The van der Waals surface area contributed by atoms with Crippen LogP contribution in [0.5, 0.6) is 0 Å². The fraction of sp³-hybridized carbons (Fsp3) is 0.765. The van der Waals surface area contributed by atoms with Crippen molar-refractivity contribution in [3.05, 3.63) is 23.0 Å². The summed E-state index contributed by atoms with van der Waals surface area (Å²) < 4.78 is 0. The van der Waals surface area contributed by atoms with Gasteiger partial charge in [0.2, 0.25) is 0 Å². The van der Waals surface area contributed by atoms with Crippen LogP contribution < -0.4 is 0 Å². The summed E-state index contributed by atoms with van der Waals surface area (Å²) in [6.07, 6.45) is 16.5. The maximum atomic E-state index is 3.64. The first-order valence-corrected chi connectivity index (χ1v) is 8.10. The molecular formula is C17H29N. The first kappa shape index (κ1) is 13.7. The summed E-state index contributed by atoms with van der Waals surface area (Å²) in [6.45, 7) is 2.28. The molecule has 1 heteroatoms. The van der Waals surface area contributed by atoms with E-state index in [2.05, 4.69) is 18.0 Å². The first-order valence-electron chi connectivity index (χ1n) is 8.10. The van der Waals surface area contributed by atoms with E-state index in [0.717, 1.165) is 0 Å². The van der Waals surface area contributed by atoms with Gasteiger partial charge in [-0.1, -0.05) is 45.4 Å². The topological polar surface area (TPSA) is 15.8 Å². The van der Waals surface area contributed by atoms with Crippen LogP contribution in [0.2, 0.25) is 0 Å². The van der Waals surface area contributed by atoms with Crippen molar-refractivity contribution in [2.45, 2.75) is 84.0 Å². The molecule has 0 fully saturated rings. The third-order valence-electron chi connectivity index (χ3n) is 4.22. The Kier molecular flexibility index (Phi) is 5.83. The third kappa shape index (κ3) is 4.19. The Bertz CT molecular complexity index is 314. The molecule has 2 rings (SSSR count). The highest BCUT2D eigenvalue weighted by molar-refractivity contribution is 5.28. The highest BCUT2D eigenvalue weighted by Gasteiger charge is 2.11. The Hall–Kier alpha value is -0.720. The molecule has 0 aromatic carbocycles. The summed E-state index contributed by atoms with van der Waals surface area (Å²) in [5, 5.41) is 0. The number of nitrogens with one attached hydrogen (secondary N) is 1. The predicted octanol–water partition coefficient (Wildman–Crippen LogP) is 5.19. The SMILES string of the molecule is CCCCCCCCCc1cc2c([nH]1)CCCC2. The van der Waals surface area contributed by atoms with Gasteiger partial charge in [0.15, 0.2) is 0 Å². The molecule has 1 heterocycles. The molecule has 0 aliphatic heterocycles. The minimum atomic E-state index is 1.26. The Labute approximate surface area is 112 Å². The summed E-state index contributed by atoms with van der Waals surface area (Å²) in [5.41, 5.74) is 4.65. The van der Waals surface area contributed by atoms with Crippen molar-refractivity contribution in [2.24, 2.45) is 0 Å². The summed E-state index contributed by atoms with van der Waals surface area (Å²) >= 11 is 0. The number of aromatic amines is 1. The highest BCUT2D eigenvalue weighted by atomic mass is 14.7. The van der Waals surface area contributed by atoms with Gasteiger partial charge < -0.3 is 4.98 Å². The average molecular weight is 247 g/mol. The number of unbranched alkanes of at least 4 members (excludes halogenated alkanes) is 6. The Balaban J connectivity index is 1.60. The third-order valence-corrected chi connectivity index (χ3v) is 4.22. The molecule has 1 aliphatic rings. The molecule has 0 unspecified atom stereocenters. The molecule has 1 aromatic heterocycles. The van der Waals surface area contributed by atoms with Crippen LogP contribution in [0.4, 0.5) is 0 Å². The number of aromatic nitrogens is 1. The molecule has 0 saturated heterocycles. The minimum Gasteiger partial charge on any atom is -0.362 e. The molecule has 0 spiro atoms. The fourth-order valence-corrected chi connectivity index (χ4v) is 3.08. The normalized spacial score (nSPS) is 14.7. The lowest BCUT2D eigenvalue weighted by Crippen LogP contribution is -1.99. The number of H-pyrrole nitrogens is 1. The molecule has 0 saturated carbocycles. The van der Waals surface area contributed by atoms with E-state index in [1.165, 1.54) is 82.7 Å². The van der Waals surface area contributed by atoms with Gasteiger partial charge in [0.25, 0.3) is 0 Å². The number of aryl methyl sites for hydroxylation is 3. The lowest BCUT2D eigenvalue weighted by Gasteiger charge is -2.09. The van der Waals surface area contributed by atoms with E-state index in [0.29, 0.717) is 0 Å². The van der Waals surface area contributed by atoms with Crippen LogP contribution in [0.25, 0.3) is 0 Å². The van der Waals surface area contributed by atoms with E-state index in [9.17, 15) is 0 Å². The van der Waals surface area contributed by atoms with Gasteiger partial charge >= 0.3 is 0 Å². The van der Waals surface area contributed by atoms with Crippen LogP contribution in [-0.2, 0) is 19.3 Å². The smallest absolute Gasteiger partial charge is 0.0181 e. The van der Waals surface area contributed by atoms with Crippen molar-refractivity contribution >= 4 is 0 Å². The van der Waals surface area contributed by atoms with Crippen molar-refractivity contribution in [3.8, 4) is 0 Å². The van der Waals surface area contributed by atoms with Crippen LogP contribution >= 0.6 is 0 Å². The van der Waals surface area contributed by atoms with Crippen LogP contribution in [0.1, 0.15) is 81.7 Å². The van der Waals surface area contributed by atoms with E-state index in [1.54, 1.807) is 11.3 Å². The molecule has 1 N–H and O–H groups in total. The van der Waals surface area contributed by atoms with Gasteiger partial charge in [-0.2, -0.15) is 0 Å². The summed E-state index contributed by atoms with van der Waals surface area (Å²) in [4.78, 5) is 3.64. The maximum absolute atomic E-state index is 3.64. The zero-order valence-corrected chi connectivity index (χ0v) is 12.1. The van der Waals surface area contributed by atoms with Crippen LogP contribution in [-0.4, -0.2) is 4.98 Å². The molecule has 0 radical (unpaired) electrons.